The van der Waals surface area contributed by atoms with Crippen molar-refractivity contribution in [1.82, 2.24) is 5.32 Å². The Bertz CT molecular complexity index is 1370. The first-order valence-electron chi connectivity index (χ1n) is 13.2. The highest BCUT2D eigenvalue weighted by Crippen LogP contribution is 2.35. The first-order chi connectivity index (χ1) is 18.6. The second kappa shape index (κ2) is 12.1. The molecule has 4 rings (SSSR count). The lowest BCUT2D eigenvalue weighted by Crippen LogP contribution is -2.43. The smallest absolute Gasteiger partial charge is 0.319 e. The molecule has 0 spiro atoms. The molecule has 0 radical (unpaired) electrons. The lowest BCUT2D eigenvalue weighted by Gasteiger charge is -2.30. The molecule has 2 N–H and O–H groups in total. The van der Waals surface area contributed by atoms with Crippen molar-refractivity contribution in [2.75, 3.05) is 30.0 Å². The van der Waals surface area contributed by atoms with Crippen molar-refractivity contribution in [3.05, 3.63) is 90.0 Å². The Morgan fingerprint density at radius 1 is 1.08 bits per heavy atom. The predicted molar refractivity (Wildman–Crippen MR) is 157 cm³/mol. The van der Waals surface area contributed by atoms with Gasteiger partial charge in [0.05, 0.1) is 17.8 Å². The molecule has 7 nitrogen and oxygen atoms in total. The quantitative estimate of drug-likeness (QED) is 0.289. The van der Waals surface area contributed by atoms with Gasteiger partial charge in [-0.25, -0.2) is 4.79 Å². The standard InChI is InChI=1S/C32H37N3O4/c1-22(2)24-11-9-12-25(19-24)32(4,5)34-31(37)33-26-14-15-29-28(20-26)35(30(36)21-39-29)16-6-7-17-38-27-13-8-10-23(3)18-27/h8-15,18-20H,1,6-7,16-17,21H2,2-5H3,(H2,33,34,37). The molecule has 1 aliphatic rings. The Hall–Kier alpha value is -4.26. The number of urea groups is 1. The van der Waals surface area contributed by atoms with E-state index in [-0.39, 0.29) is 18.5 Å². The van der Waals surface area contributed by atoms with Crippen LogP contribution in [0, 0.1) is 6.92 Å². The van der Waals surface area contributed by atoms with Crippen LogP contribution in [-0.2, 0) is 10.3 Å². The summed E-state index contributed by atoms with van der Waals surface area (Å²) in [6, 6.07) is 20.9. The van der Waals surface area contributed by atoms with Crippen LogP contribution in [0.3, 0.4) is 0 Å². The number of fused-ring (bicyclic) bond motifs is 1. The van der Waals surface area contributed by atoms with Crippen molar-refractivity contribution in [1.29, 1.82) is 0 Å². The summed E-state index contributed by atoms with van der Waals surface area (Å²) in [6.07, 6.45) is 1.57. The van der Waals surface area contributed by atoms with Crippen molar-refractivity contribution >= 4 is 28.9 Å². The molecule has 0 bridgehead atoms. The third-order valence-corrected chi connectivity index (χ3v) is 6.70. The number of carbonyl (C=O) groups excluding carboxylic acids is 2. The first-order valence-corrected chi connectivity index (χ1v) is 13.2. The Morgan fingerprint density at radius 3 is 2.64 bits per heavy atom. The van der Waals surface area contributed by atoms with E-state index >= 15 is 0 Å². The van der Waals surface area contributed by atoms with Crippen molar-refractivity contribution in [3.63, 3.8) is 0 Å². The number of hydrogen-bond acceptors (Lipinski definition) is 4. The van der Waals surface area contributed by atoms with Crippen LogP contribution in [0.25, 0.3) is 5.57 Å². The van der Waals surface area contributed by atoms with Crippen molar-refractivity contribution in [2.24, 2.45) is 0 Å². The fourth-order valence-electron chi connectivity index (χ4n) is 4.48. The SMILES string of the molecule is C=C(C)c1cccc(C(C)(C)NC(=O)Nc2ccc3c(c2)N(CCCCOc2cccc(C)c2)C(=O)CO3)c1. The lowest BCUT2D eigenvalue weighted by atomic mass is 9.92. The van der Waals surface area contributed by atoms with Gasteiger partial charge in [-0.1, -0.05) is 42.5 Å². The third-order valence-electron chi connectivity index (χ3n) is 6.70. The minimum Gasteiger partial charge on any atom is -0.494 e. The van der Waals surface area contributed by atoms with Gasteiger partial charge in [0.1, 0.15) is 11.5 Å². The molecule has 39 heavy (non-hydrogen) atoms. The molecule has 0 atom stereocenters. The molecule has 0 fully saturated rings. The zero-order chi connectivity index (χ0) is 28.0. The minimum atomic E-state index is -0.616. The van der Waals surface area contributed by atoms with E-state index in [4.69, 9.17) is 9.47 Å². The third kappa shape index (κ3) is 7.19. The van der Waals surface area contributed by atoms with Crippen molar-refractivity contribution in [3.8, 4) is 11.5 Å². The van der Waals surface area contributed by atoms with Gasteiger partial charge in [-0.15, -0.1) is 0 Å². The van der Waals surface area contributed by atoms with E-state index in [1.54, 1.807) is 23.1 Å². The maximum absolute atomic E-state index is 13.0. The topological polar surface area (TPSA) is 79.9 Å². The van der Waals surface area contributed by atoms with E-state index in [0.717, 1.165) is 40.9 Å². The Kier molecular flexibility index (Phi) is 8.59. The van der Waals surface area contributed by atoms with E-state index in [9.17, 15) is 9.59 Å². The maximum Gasteiger partial charge on any atom is 0.319 e. The molecule has 0 unspecified atom stereocenters. The van der Waals surface area contributed by atoms with Crippen LogP contribution in [0.15, 0.2) is 73.3 Å². The van der Waals surface area contributed by atoms with Crippen LogP contribution >= 0.6 is 0 Å². The number of benzene rings is 3. The molecule has 3 aromatic carbocycles. The number of rotatable bonds is 10. The molecular formula is C32H37N3O4. The summed E-state index contributed by atoms with van der Waals surface area (Å²) in [6.45, 7) is 13.0. The fourth-order valence-corrected chi connectivity index (χ4v) is 4.48. The average molecular weight is 528 g/mol. The van der Waals surface area contributed by atoms with E-state index in [0.29, 0.717) is 30.3 Å². The van der Waals surface area contributed by atoms with Crippen molar-refractivity contribution in [2.45, 2.75) is 46.1 Å². The number of ether oxygens (including phenoxy) is 2. The van der Waals surface area contributed by atoms with Crippen LogP contribution < -0.4 is 25.0 Å². The van der Waals surface area contributed by atoms with E-state index < -0.39 is 5.54 Å². The monoisotopic (exact) mass is 527 g/mol. The van der Waals surface area contributed by atoms with Gasteiger partial charge in [-0.3, -0.25) is 4.79 Å². The van der Waals surface area contributed by atoms with Gasteiger partial charge >= 0.3 is 6.03 Å². The minimum absolute atomic E-state index is 0.00249. The van der Waals surface area contributed by atoms with E-state index in [1.165, 1.54) is 0 Å². The molecule has 0 saturated carbocycles. The van der Waals surface area contributed by atoms with Gasteiger partial charge in [-0.2, -0.15) is 0 Å². The zero-order valence-corrected chi connectivity index (χ0v) is 23.2. The summed E-state index contributed by atoms with van der Waals surface area (Å²) in [7, 11) is 0. The number of hydrogen-bond donors (Lipinski definition) is 2. The van der Waals surface area contributed by atoms with E-state index in [2.05, 4.69) is 17.2 Å². The number of carbonyl (C=O) groups is 2. The van der Waals surface area contributed by atoms with Crippen LogP contribution in [0.4, 0.5) is 16.2 Å². The van der Waals surface area contributed by atoms with Gasteiger partial charge in [0.2, 0.25) is 0 Å². The fraction of sp³-hybridized carbons (Fsp3) is 0.312. The Morgan fingerprint density at radius 2 is 1.87 bits per heavy atom. The highest BCUT2D eigenvalue weighted by Gasteiger charge is 2.27. The summed E-state index contributed by atoms with van der Waals surface area (Å²) in [5.41, 5.74) is 4.73. The summed E-state index contributed by atoms with van der Waals surface area (Å²) in [5.74, 6) is 1.36. The number of nitrogens with one attached hydrogen (secondary N) is 2. The van der Waals surface area contributed by atoms with Gasteiger partial charge in [0.25, 0.3) is 5.91 Å². The molecule has 0 aliphatic carbocycles. The van der Waals surface area contributed by atoms with Gasteiger partial charge in [-0.05, 0) is 93.6 Å². The summed E-state index contributed by atoms with van der Waals surface area (Å²) in [4.78, 5) is 27.4. The van der Waals surface area contributed by atoms with E-state index in [1.807, 2.05) is 76.2 Å². The molecule has 204 valence electrons. The number of allylic oxidation sites excluding steroid dienone is 1. The van der Waals surface area contributed by atoms with Crippen LogP contribution in [0.2, 0.25) is 0 Å². The van der Waals surface area contributed by atoms with Gasteiger partial charge in [0, 0.05) is 12.2 Å². The number of unbranched alkanes of at least 4 members (excludes halogenated alkanes) is 1. The van der Waals surface area contributed by atoms with Gasteiger partial charge < -0.3 is 25.0 Å². The Balaban J connectivity index is 1.37. The van der Waals surface area contributed by atoms with Crippen LogP contribution in [0.5, 0.6) is 11.5 Å². The highest BCUT2D eigenvalue weighted by molar-refractivity contribution is 5.99. The first kappa shape index (κ1) is 27.8. The molecule has 7 heteroatoms. The molecule has 0 saturated heterocycles. The van der Waals surface area contributed by atoms with Crippen molar-refractivity contribution < 1.29 is 19.1 Å². The summed E-state index contributed by atoms with van der Waals surface area (Å²) >= 11 is 0. The Labute approximate surface area is 230 Å². The van der Waals surface area contributed by atoms with Crippen LogP contribution in [0.1, 0.15) is 50.3 Å². The average Bonchev–Trinajstić information content (AvgIpc) is 2.89. The number of amides is 3. The normalized spacial score (nSPS) is 12.8. The molecule has 3 amide bonds. The largest absolute Gasteiger partial charge is 0.494 e. The number of anilines is 2. The number of aryl methyl sites for hydroxylation is 1. The summed E-state index contributed by atoms with van der Waals surface area (Å²) in [5, 5.41) is 5.96. The second-order valence-corrected chi connectivity index (χ2v) is 10.5. The van der Waals surface area contributed by atoms with Crippen LogP contribution in [-0.4, -0.2) is 31.7 Å². The predicted octanol–water partition coefficient (Wildman–Crippen LogP) is 6.67. The molecule has 1 aliphatic heterocycles. The molecular weight excluding hydrogens is 490 g/mol. The molecule has 0 aromatic heterocycles. The van der Waals surface area contributed by atoms with Gasteiger partial charge in [0.15, 0.2) is 6.61 Å². The lowest BCUT2D eigenvalue weighted by molar-refractivity contribution is -0.121. The zero-order valence-electron chi connectivity index (χ0n) is 23.2. The molecule has 3 aromatic rings. The molecule has 1 heterocycles. The number of nitrogens with zero attached hydrogens (tertiary/aromatic N) is 1. The highest BCUT2D eigenvalue weighted by atomic mass is 16.5. The maximum atomic E-state index is 13.0. The summed E-state index contributed by atoms with van der Waals surface area (Å²) < 4.78 is 11.5. The second-order valence-electron chi connectivity index (χ2n) is 10.5.